The second kappa shape index (κ2) is 5.98. The molecule has 1 rings (SSSR count). The molecule has 8 heteroatoms. The number of rotatable bonds is 5. The highest BCUT2D eigenvalue weighted by Gasteiger charge is 2.20. The third-order valence-electron chi connectivity index (χ3n) is 2.41. The molecule has 1 aromatic rings. The second-order valence-electron chi connectivity index (χ2n) is 4.41. The van der Waals surface area contributed by atoms with E-state index in [1.54, 1.807) is 6.92 Å². The molecule has 0 amide bonds. The van der Waals surface area contributed by atoms with E-state index in [4.69, 9.17) is 5.73 Å². The van der Waals surface area contributed by atoms with Gasteiger partial charge in [0.2, 0.25) is 10.0 Å². The molecule has 0 aliphatic carbocycles. The highest BCUT2D eigenvalue weighted by atomic mass is 32.2. The van der Waals surface area contributed by atoms with Crippen LogP contribution in [0.3, 0.4) is 0 Å². The van der Waals surface area contributed by atoms with Gasteiger partial charge >= 0.3 is 0 Å². The van der Waals surface area contributed by atoms with Gasteiger partial charge in [-0.3, -0.25) is 4.21 Å². The zero-order valence-corrected chi connectivity index (χ0v) is 12.6. The van der Waals surface area contributed by atoms with Gasteiger partial charge in [-0.25, -0.2) is 17.5 Å². The number of hydrogen-bond donors (Lipinski definition) is 2. The van der Waals surface area contributed by atoms with Gasteiger partial charge < -0.3 is 5.73 Å². The highest BCUT2D eigenvalue weighted by molar-refractivity contribution is 7.89. The number of hydrogen-bond acceptors (Lipinski definition) is 4. The van der Waals surface area contributed by atoms with Gasteiger partial charge in [-0.1, -0.05) is 0 Å². The lowest BCUT2D eigenvalue weighted by Crippen LogP contribution is -2.36. The predicted octanol–water partition coefficient (Wildman–Crippen LogP) is 0.762. The Morgan fingerprint density at radius 1 is 1.47 bits per heavy atom. The van der Waals surface area contributed by atoms with Crippen LogP contribution in [-0.2, 0) is 20.8 Å². The molecule has 0 heterocycles. The fourth-order valence-electron chi connectivity index (χ4n) is 1.64. The topological polar surface area (TPSA) is 89.3 Å². The Kier molecular flexibility index (Phi) is 5.05. The maximum atomic E-state index is 13.4. The summed E-state index contributed by atoms with van der Waals surface area (Å²) < 4.78 is 50.9. The Labute approximate surface area is 114 Å². The zero-order valence-electron chi connectivity index (χ0n) is 10.9. The molecule has 0 aliphatic heterocycles. The van der Waals surface area contributed by atoms with Crippen LogP contribution in [0.4, 0.5) is 10.1 Å². The first-order valence-corrected chi connectivity index (χ1v) is 8.72. The first-order chi connectivity index (χ1) is 8.63. The van der Waals surface area contributed by atoms with Crippen molar-refractivity contribution in [2.75, 3.05) is 17.7 Å². The van der Waals surface area contributed by atoms with Crippen LogP contribution in [0.15, 0.2) is 17.0 Å². The Morgan fingerprint density at radius 3 is 2.53 bits per heavy atom. The van der Waals surface area contributed by atoms with E-state index in [2.05, 4.69) is 4.72 Å². The summed E-state index contributed by atoms with van der Waals surface area (Å²) in [4.78, 5) is -0.0994. The maximum absolute atomic E-state index is 13.4. The summed E-state index contributed by atoms with van der Waals surface area (Å²) >= 11 is 0. The van der Waals surface area contributed by atoms with Crippen LogP contribution in [0.25, 0.3) is 0 Å². The highest BCUT2D eigenvalue weighted by Crippen LogP contribution is 2.20. The summed E-state index contributed by atoms with van der Waals surface area (Å²) in [6.07, 6.45) is 1.49. The molecule has 0 radical (unpaired) electrons. The van der Waals surface area contributed by atoms with Crippen LogP contribution in [0.1, 0.15) is 12.5 Å². The average Bonchev–Trinajstić information content (AvgIpc) is 2.22. The van der Waals surface area contributed by atoms with E-state index < -0.39 is 32.7 Å². The Morgan fingerprint density at radius 2 is 2.05 bits per heavy atom. The number of sulfonamides is 1. The summed E-state index contributed by atoms with van der Waals surface area (Å²) in [5.41, 5.74) is 5.36. The fourth-order valence-corrected chi connectivity index (χ4v) is 3.89. The number of nitrogens with two attached hydrogens (primary N) is 1. The van der Waals surface area contributed by atoms with Crippen LogP contribution in [0, 0.1) is 12.7 Å². The van der Waals surface area contributed by atoms with Gasteiger partial charge in [0.05, 0.1) is 10.6 Å². The summed E-state index contributed by atoms with van der Waals surface area (Å²) in [7, 11) is -4.91. The van der Waals surface area contributed by atoms with Crippen LogP contribution in [0.5, 0.6) is 0 Å². The standard InChI is InChI=1S/C11H17FN2O3S2/c1-7-4-9(5-10(13)11(7)12)19(16,17)14-8(2)6-18(3)15/h4-5,8,14H,6,13H2,1-3H3. The number of halogens is 1. The van der Waals surface area contributed by atoms with Crippen molar-refractivity contribution >= 4 is 26.5 Å². The van der Waals surface area contributed by atoms with E-state index in [1.165, 1.54) is 19.2 Å². The lowest BCUT2D eigenvalue weighted by molar-refractivity contribution is 0.569. The lowest BCUT2D eigenvalue weighted by atomic mass is 10.2. The summed E-state index contributed by atoms with van der Waals surface area (Å²) in [6, 6.07) is 1.80. The fraction of sp³-hybridized carbons (Fsp3) is 0.455. The molecule has 0 saturated heterocycles. The molecule has 0 bridgehead atoms. The molecule has 0 aliphatic rings. The first kappa shape index (κ1) is 16.1. The van der Waals surface area contributed by atoms with Crippen molar-refractivity contribution in [1.82, 2.24) is 4.72 Å². The minimum atomic E-state index is -3.80. The molecular weight excluding hydrogens is 291 g/mol. The van der Waals surface area contributed by atoms with Crippen LogP contribution in [-0.4, -0.2) is 30.7 Å². The molecule has 1 aromatic carbocycles. The molecule has 108 valence electrons. The van der Waals surface area contributed by atoms with E-state index in [0.29, 0.717) is 0 Å². The van der Waals surface area contributed by atoms with Crippen LogP contribution < -0.4 is 10.5 Å². The predicted molar refractivity (Wildman–Crippen MR) is 74.3 cm³/mol. The van der Waals surface area contributed by atoms with Gasteiger partial charge in [-0.15, -0.1) is 0 Å². The molecule has 2 unspecified atom stereocenters. The van der Waals surface area contributed by atoms with Gasteiger partial charge in [0, 0.05) is 28.9 Å². The van der Waals surface area contributed by atoms with Crippen molar-refractivity contribution in [1.29, 1.82) is 0 Å². The molecular formula is C11H17FN2O3S2. The molecule has 19 heavy (non-hydrogen) atoms. The second-order valence-corrected chi connectivity index (χ2v) is 7.60. The third kappa shape index (κ3) is 4.26. The zero-order chi connectivity index (χ0) is 14.8. The van der Waals surface area contributed by atoms with Crippen LogP contribution >= 0.6 is 0 Å². The molecule has 0 saturated carbocycles. The van der Waals surface area contributed by atoms with Crippen molar-refractivity contribution in [3.63, 3.8) is 0 Å². The van der Waals surface area contributed by atoms with Crippen molar-refractivity contribution in [2.24, 2.45) is 0 Å². The molecule has 5 nitrogen and oxygen atoms in total. The SMILES string of the molecule is Cc1cc(S(=O)(=O)NC(C)CS(C)=O)cc(N)c1F. The first-order valence-electron chi connectivity index (χ1n) is 5.51. The lowest BCUT2D eigenvalue weighted by Gasteiger charge is -2.14. The van der Waals surface area contributed by atoms with Gasteiger partial charge in [0.15, 0.2) is 0 Å². The minimum absolute atomic E-state index is 0.0994. The molecule has 0 spiro atoms. The van der Waals surface area contributed by atoms with Crippen molar-refractivity contribution in [3.8, 4) is 0 Å². The van der Waals surface area contributed by atoms with Crippen molar-refractivity contribution in [3.05, 3.63) is 23.5 Å². The Hall–Kier alpha value is -0.990. The third-order valence-corrected chi connectivity index (χ3v) is 4.95. The van der Waals surface area contributed by atoms with E-state index in [9.17, 15) is 17.0 Å². The number of nitrogens with one attached hydrogen (secondary N) is 1. The van der Waals surface area contributed by atoms with Gasteiger partial charge in [0.1, 0.15) is 5.82 Å². The monoisotopic (exact) mass is 308 g/mol. The Balaban J connectivity index is 3.04. The van der Waals surface area contributed by atoms with E-state index in [0.717, 1.165) is 6.07 Å². The van der Waals surface area contributed by atoms with Gasteiger partial charge in [0.25, 0.3) is 0 Å². The van der Waals surface area contributed by atoms with Gasteiger partial charge in [-0.05, 0) is 31.5 Å². The minimum Gasteiger partial charge on any atom is -0.396 e. The summed E-state index contributed by atoms with van der Waals surface area (Å²) in [5.74, 6) is -0.420. The van der Waals surface area contributed by atoms with E-state index in [-0.39, 0.29) is 21.9 Å². The van der Waals surface area contributed by atoms with Crippen molar-refractivity contribution < 1.29 is 17.0 Å². The van der Waals surface area contributed by atoms with Gasteiger partial charge in [-0.2, -0.15) is 0 Å². The number of benzene rings is 1. The van der Waals surface area contributed by atoms with E-state index >= 15 is 0 Å². The normalized spacial score (nSPS) is 15.2. The Bertz CT molecular complexity index is 579. The largest absolute Gasteiger partial charge is 0.396 e. The number of nitrogen functional groups attached to an aromatic ring is 1. The van der Waals surface area contributed by atoms with E-state index in [1.807, 2.05) is 0 Å². The quantitative estimate of drug-likeness (QED) is 0.786. The smallest absolute Gasteiger partial charge is 0.240 e. The van der Waals surface area contributed by atoms with Crippen molar-refractivity contribution in [2.45, 2.75) is 24.8 Å². The molecule has 3 N–H and O–H groups in total. The number of anilines is 1. The van der Waals surface area contributed by atoms with Crippen LogP contribution in [0.2, 0.25) is 0 Å². The maximum Gasteiger partial charge on any atom is 0.240 e. The average molecular weight is 308 g/mol. The number of aryl methyl sites for hydroxylation is 1. The molecule has 0 fully saturated rings. The summed E-state index contributed by atoms with van der Waals surface area (Å²) in [5, 5.41) is 0. The molecule has 2 atom stereocenters. The summed E-state index contributed by atoms with van der Waals surface area (Å²) in [6.45, 7) is 3.05. The molecule has 0 aromatic heterocycles.